The number of methoxy groups -OCH3 is 2. The van der Waals surface area contributed by atoms with Crippen LogP contribution < -0.4 is 19.5 Å². The van der Waals surface area contributed by atoms with Gasteiger partial charge in [0.05, 0.1) is 30.1 Å². The second-order valence-electron chi connectivity index (χ2n) is 7.15. The summed E-state index contributed by atoms with van der Waals surface area (Å²) in [7, 11) is -1.02. The van der Waals surface area contributed by atoms with Crippen molar-refractivity contribution in [2.75, 3.05) is 24.3 Å². The summed E-state index contributed by atoms with van der Waals surface area (Å²) in [6, 6.07) is 15.7. The summed E-state index contributed by atoms with van der Waals surface area (Å²) in [5.74, 6) is 0.710. The molecule has 3 aromatic carbocycles. The van der Waals surface area contributed by atoms with E-state index in [1.807, 2.05) is 0 Å². The maximum Gasteiger partial charge on any atom is 0.263 e. The predicted octanol–water partition coefficient (Wildman–Crippen LogP) is 4.64. The van der Waals surface area contributed by atoms with E-state index in [-0.39, 0.29) is 22.1 Å². The monoisotopic (exact) mass is 468 g/mol. The van der Waals surface area contributed by atoms with Crippen LogP contribution in [0.3, 0.4) is 0 Å². The smallest absolute Gasteiger partial charge is 0.263 e. The number of hydrogen-bond acceptors (Lipinski definition) is 7. The summed E-state index contributed by atoms with van der Waals surface area (Å²) in [4.78, 5) is 8.95. The van der Waals surface area contributed by atoms with E-state index in [1.54, 1.807) is 42.5 Å². The first-order valence-corrected chi connectivity index (χ1v) is 11.3. The summed E-state index contributed by atoms with van der Waals surface area (Å²) in [6.45, 7) is 1.52. The molecule has 0 fully saturated rings. The molecule has 1 heterocycles. The van der Waals surface area contributed by atoms with Crippen LogP contribution in [-0.4, -0.2) is 32.6 Å². The number of aromatic nitrogens is 2. The maximum absolute atomic E-state index is 13.5. The summed E-state index contributed by atoms with van der Waals surface area (Å²) in [5.41, 5.74) is 1.88. The molecule has 0 unspecified atom stereocenters. The van der Waals surface area contributed by atoms with Gasteiger partial charge in [0.15, 0.2) is 11.6 Å². The lowest BCUT2D eigenvalue weighted by atomic mass is 10.2. The molecule has 0 radical (unpaired) electrons. The van der Waals surface area contributed by atoms with Gasteiger partial charge in [0.25, 0.3) is 10.0 Å². The number of hydrogen-bond donors (Lipinski definition) is 2. The lowest BCUT2D eigenvalue weighted by Gasteiger charge is -2.15. The second kappa shape index (κ2) is 8.91. The van der Waals surface area contributed by atoms with Crippen LogP contribution in [0.25, 0.3) is 11.0 Å². The lowest BCUT2D eigenvalue weighted by Crippen LogP contribution is -2.17. The standard InChI is InChI=1S/C23H21FN4O4S/c1-14-10-15(24)8-9-21(14)33(29,30)28-23-22(26-19-6-4-5-7-20(19)27-23)25-16-11-17(31-2)13-18(12-16)32-3/h4-13H,1-3H3,(H,25,26)(H,27,28). The molecule has 0 spiro atoms. The van der Waals surface area contributed by atoms with E-state index in [2.05, 4.69) is 20.0 Å². The number of aryl methyl sites for hydroxylation is 1. The molecule has 33 heavy (non-hydrogen) atoms. The van der Waals surface area contributed by atoms with Crippen molar-refractivity contribution in [2.45, 2.75) is 11.8 Å². The van der Waals surface area contributed by atoms with Crippen molar-refractivity contribution in [2.24, 2.45) is 0 Å². The van der Waals surface area contributed by atoms with Gasteiger partial charge >= 0.3 is 0 Å². The molecular weight excluding hydrogens is 447 g/mol. The Bertz CT molecular complexity index is 1420. The SMILES string of the molecule is COc1cc(Nc2nc3ccccc3nc2NS(=O)(=O)c2ccc(F)cc2C)cc(OC)c1. The summed E-state index contributed by atoms with van der Waals surface area (Å²) in [6.07, 6.45) is 0. The minimum Gasteiger partial charge on any atom is -0.497 e. The summed E-state index contributed by atoms with van der Waals surface area (Å²) >= 11 is 0. The van der Waals surface area contributed by atoms with Gasteiger partial charge in [-0.3, -0.25) is 4.72 Å². The molecule has 1 aromatic heterocycles. The number of nitrogens with zero attached hydrogens (tertiary/aromatic N) is 2. The molecule has 0 saturated heterocycles. The number of fused-ring (bicyclic) bond motifs is 1. The maximum atomic E-state index is 13.5. The number of para-hydroxylation sites is 2. The molecule has 0 aliphatic rings. The first-order chi connectivity index (χ1) is 15.8. The molecule has 4 aromatic rings. The molecule has 170 valence electrons. The highest BCUT2D eigenvalue weighted by atomic mass is 32.2. The fraction of sp³-hybridized carbons (Fsp3) is 0.130. The zero-order chi connectivity index (χ0) is 23.6. The minimum absolute atomic E-state index is 0.0146. The molecule has 0 amide bonds. The molecule has 8 nitrogen and oxygen atoms in total. The Kier molecular flexibility index (Phi) is 6.01. The number of sulfonamides is 1. The topological polar surface area (TPSA) is 102 Å². The third-order valence-corrected chi connectivity index (χ3v) is 6.34. The van der Waals surface area contributed by atoms with Gasteiger partial charge in [-0.05, 0) is 42.8 Å². The van der Waals surface area contributed by atoms with E-state index in [0.29, 0.717) is 28.2 Å². The minimum atomic E-state index is -4.08. The van der Waals surface area contributed by atoms with Crippen molar-refractivity contribution < 1.29 is 22.3 Å². The second-order valence-corrected chi connectivity index (χ2v) is 8.80. The Balaban J connectivity index is 1.80. The van der Waals surface area contributed by atoms with Crippen LogP contribution in [0.1, 0.15) is 5.56 Å². The van der Waals surface area contributed by atoms with Crippen LogP contribution in [0.2, 0.25) is 0 Å². The van der Waals surface area contributed by atoms with Crippen molar-refractivity contribution in [3.05, 3.63) is 72.0 Å². The fourth-order valence-electron chi connectivity index (χ4n) is 3.27. The van der Waals surface area contributed by atoms with Gasteiger partial charge in [0.1, 0.15) is 17.3 Å². The zero-order valence-electron chi connectivity index (χ0n) is 18.1. The van der Waals surface area contributed by atoms with Gasteiger partial charge in [-0.25, -0.2) is 22.8 Å². The first-order valence-electron chi connectivity index (χ1n) is 9.85. The van der Waals surface area contributed by atoms with Crippen LogP contribution >= 0.6 is 0 Å². The average Bonchev–Trinajstić information content (AvgIpc) is 2.78. The molecule has 2 N–H and O–H groups in total. The Hall–Kier alpha value is -3.92. The molecule has 0 aliphatic heterocycles. The molecule has 0 atom stereocenters. The van der Waals surface area contributed by atoms with Gasteiger partial charge in [-0.1, -0.05) is 12.1 Å². The van der Waals surface area contributed by atoms with E-state index >= 15 is 0 Å². The number of halogens is 1. The Morgan fingerprint density at radius 2 is 1.45 bits per heavy atom. The van der Waals surface area contributed by atoms with Gasteiger partial charge in [-0.15, -0.1) is 0 Å². The molecule has 10 heteroatoms. The molecule has 0 aliphatic carbocycles. The van der Waals surface area contributed by atoms with Gasteiger partial charge in [0.2, 0.25) is 0 Å². The lowest BCUT2D eigenvalue weighted by molar-refractivity contribution is 0.395. The zero-order valence-corrected chi connectivity index (χ0v) is 18.9. The summed E-state index contributed by atoms with van der Waals surface area (Å²) in [5, 5.41) is 3.09. The number of rotatable bonds is 7. The van der Waals surface area contributed by atoms with Crippen molar-refractivity contribution in [3.63, 3.8) is 0 Å². The van der Waals surface area contributed by atoms with Crippen LogP contribution in [0.4, 0.5) is 21.7 Å². The third kappa shape index (κ3) is 4.80. The van der Waals surface area contributed by atoms with Crippen molar-refractivity contribution in [3.8, 4) is 11.5 Å². The van der Waals surface area contributed by atoms with E-state index in [0.717, 1.165) is 12.1 Å². The van der Waals surface area contributed by atoms with Gasteiger partial charge in [-0.2, -0.15) is 0 Å². The Morgan fingerprint density at radius 1 is 0.848 bits per heavy atom. The molecule has 4 rings (SSSR count). The molecule has 0 saturated carbocycles. The Morgan fingerprint density at radius 3 is 2.03 bits per heavy atom. The summed E-state index contributed by atoms with van der Waals surface area (Å²) < 4.78 is 52.8. The van der Waals surface area contributed by atoms with E-state index in [9.17, 15) is 12.8 Å². The van der Waals surface area contributed by atoms with E-state index in [4.69, 9.17) is 9.47 Å². The highest BCUT2D eigenvalue weighted by Crippen LogP contribution is 2.31. The third-order valence-electron chi connectivity index (χ3n) is 4.84. The van der Waals surface area contributed by atoms with Crippen molar-refractivity contribution in [1.29, 1.82) is 0 Å². The number of ether oxygens (including phenoxy) is 2. The van der Waals surface area contributed by atoms with Crippen LogP contribution in [0.5, 0.6) is 11.5 Å². The number of anilines is 3. The average molecular weight is 469 g/mol. The van der Waals surface area contributed by atoms with E-state index in [1.165, 1.54) is 27.2 Å². The largest absolute Gasteiger partial charge is 0.497 e. The van der Waals surface area contributed by atoms with Crippen LogP contribution in [0.15, 0.2) is 65.6 Å². The number of benzene rings is 3. The van der Waals surface area contributed by atoms with Crippen LogP contribution in [-0.2, 0) is 10.0 Å². The van der Waals surface area contributed by atoms with Crippen molar-refractivity contribution >= 4 is 38.4 Å². The van der Waals surface area contributed by atoms with Crippen LogP contribution in [0, 0.1) is 12.7 Å². The predicted molar refractivity (Wildman–Crippen MR) is 124 cm³/mol. The van der Waals surface area contributed by atoms with Gasteiger partial charge in [0, 0.05) is 23.9 Å². The quantitative estimate of drug-likeness (QED) is 0.407. The first kappa shape index (κ1) is 22.3. The van der Waals surface area contributed by atoms with E-state index < -0.39 is 15.8 Å². The fourth-order valence-corrected chi connectivity index (χ4v) is 4.51. The highest BCUT2D eigenvalue weighted by molar-refractivity contribution is 7.92. The van der Waals surface area contributed by atoms with Gasteiger partial charge < -0.3 is 14.8 Å². The molecular formula is C23H21FN4O4S. The number of nitrogens with one attached hydrogen (secondary N) is 2. The Labute approximate surface area is 190 Å². The van der Waals surface area contributed by atoms with Crippen molar-refractivity contribution in [1.82, 2.24) is 9.97 Å². The molecule has 0 bridgehead atoms. The normalized spacial score (nSPS) is 11.3. The highest BCUT2D eigenvalue weighted by Gasteiger charge is 2.21.